The first-order valence-corrected chi connectivity index (χ1v) is 8.65. The zero-order valence-electron chi connectivity index (χ0n) is 14.7. The Morgan fingerprint density at radius 3 is 2.76 bits per heavy atom. The maximum Gasteiger partial charge on any atom is 0.251 e. The standard InChI is InChI=1S/C19H24N4O2/c1-13-11-17(20-2)23-18(22-13)15-3-5-16(6-4-15)19(24)21-9-7-14-8-10-25-12-14/h3-6,11,14H,7-10,12H2,1-2H3,(H,21,24)(H,20,22,23)/t14-/m1/s1. The molecule has 2 N–H and O–H groups in total. The van der Waals surface area contributed by atoms with Crippen LogP contribution in [0.15, 0.2) is 30.3 Å². The zero-order valence-corrected chi connectivity index (χ0v) is 14.7. The Hall–Kier alpha value is -2.47. The number of carbonyl (C=O) groups is 1. The van der Waals surface area contributed by atoms with Gasteiger partial charge in [-0.3, -0.25) is 4.79 Å². The molecular formula is C19H24N4O2. The predicted octanol–water partition coefficient (Wildman–Crippen LogP) is 2.65. The van der Waals surface area contributed by atoms with Crippen LogP contribution in [-0.2, 0) is 4.74 Å². The maximum atomic E-state index is 12.2. The van der Waals surface area contributed by atoms with Gasteiger partial charge in [0.15, 0.2) is 5.82 Å². The number of ether oxygens (including phenoxy) is 1. The van der Waals surface area contributed by atoms with E-state index in [1.807, 2.05) is 44.3 Å². The molecule has 1 aliphatic rings. The van der Waals surface area contributed by atoms with E-state index in [0.717, 1.165) is 43.1 Å². The summed E-state index contributed by atoms with van der Waals surface area (Å²) in [6.07, 6.45) is 2.06. The van der Waals surface area contributed by atoms with Gasteiger partial charge in [0, 0.05) is 49.7 Å². The second-order valence-electron chi connectivity index (χ2n) is 6.32. The highest BCUT2D eigenvalue weighted by Gasteiger charge is 2.15. The molecule has 1 aromatic heterocycles. The summed E-state index contributed by atoms with van der Waals surface area (Å²) in [5.41, 5.74) is 2.43. The maximum absolute atomic E-state index is 12.2. The van der Waals surface area contributed by atoms with Crippen LogP contribution in [-0.4, -0.2) is 42.7 Å². The van der Waals surface area contributed by atoms with Crippen molar-refractivity contribution >= 4 is 11.7 Å². The molecule has 1 saturated heterocycles. The summed E-state index contributed by atoms with van der Waals surface area (Å²) in [7, 11) is 1.83. The molecule has 1 amide bonds. The van der Waals surface area contributed by atoms with E-state index >= 15 is 0 Å². The highest BCUT2D eigenvalue weighted by Crippen LogP contribution is 2.19. The van der Waals surface area contributed by atoms with Gasteiger partial charge in [-0.2, -0.15) is 0 Å². The van der Waals surface area contributed by atoms with Crippen LogP contribution in [0.25, 0.3) is 11.4 Å². The Balaban J connectivity index is 1.61. The van der Waals surface area contributed by atoms with Gasteiger partial charge in [0.25, 0.3) is 5.91 Å². The fourth-order valence-electron chi connectivity index (χ4n) is 2.90. The monoisotopic (exact) mass is 340 g/mol. The third-order valence-corrected chi connectivity index (χ3v) is 4.38. The van der Waals surface area contributed by atoms with Crippen LogP contribution in [0.3, 0.4) is 0 Å². The van der Waals surface area contributed by atoms with Crippen LogP contribution in [0.4, 0.5) is 5.82 Å². The second kappa shape index (κ2) is 8.07. The largest absolute Gasteiger partial charge is 0.381 e. The fraction of sp³-hybridized carbons (Fsp3) is 0.421. The number of hydrogen-bond acceptors (Lipinski definition) is 5. The molecule has 0 saturated carbocycles. The second-order valence-corrected chi connectivity index (χ2v) is 6.32. The number of rotatable bonds is 6. The van der Waals surface area contributed by atoms with Gasteiger partial charge in [-0.15, -0.1) is 0 Å². The summed E-state index contributed by atoms with van der Waals surface area (Å²) < 4.78 is 5.35. The first-order valence-electron chi connectivity index (χ1n) is 8.65. The molecule has 6 nitrogen and oxygen atoms in total. The Labute approximate surface area is 148 Å². The first kappa shape index (κ1) is 17.4. The minimum atomic E-state index is -0.0495. The molecule has 2 heterocycles. The molecule has 1 atom stereocenters. The van der Waals surface area contributed by atoms with Crippen LogP contribution < -0.4 is 10.6 Å². The van der Waals surface area contributed by atoms with Crippen molar-refractivity contribution in [1.29, 1.82) is 0 Å². The van der Waals surface area contributed by atoms with Crippen molar-refractivity contribution < 1.29 is 9.53 Å². The molecule has 2 aromatic rings. The SMILES string of the molecule is CNc1cc(C)nc(-c2ccc(C(=O)NCC[C@@H]3CCOC3)cc2)n1. The van der Waals surface area contributed by atoms with Crippen molar-refractivity contribution in [3.8, 4) is 11.4 Å². The van der Waals surface area contributed by atoms with E-state index in [4.69, 9.17) is 4.74 Å². The average molecular weight is 340 g/mol. The minimum absolute atomic E-state index is 0.0495. The molecule has 0 bridgehead atoms. The Bertz CT molecular complexity index is 725. The molecule has 1 aliphatic heterocycles. The van der Waals surface area contributed by atoms with E-state index < -0.39 is 0 Å². The number of anilines is 1. The number of aryl methyl sites for hydroxylation is 1. The van der Waals surface area contributed by atoms with Crippen molar-refractivity contribution in [2.24, 2.45) is 5.92 Å². The molecule has 25 heavy (non-hydrogen) atoms. The normalized spacial score (nSPS) is 16.6. The van der Waals surface area contributed by atoms with Gasteiger partial charge in [-0.1, -0.05) is 12.1 Å². The Kier molecular flexibility index (Phi) is 5.60. The van der Waals surface area contributed by atoms with Crippen LogP contribution in [0.2, 0.25) is 0 Å². The van der Waals surface area contributed by atoms with Crippen molar-refractivity contribution in [1.82, 2.24) is 15.3 Å². The first-order chi connectivity index (χ1) is 12.2. The van der Waals surface area contributed by atoms with Crippen molar-refractivity contribution in [3.05, 3.63) is 41.6 Å². The lowest BCUT2D eigenvalue weighted by Crippen LogP contribution is -2.26. The highest BCUT2D eigenvalue weighted by atomic mass is 16.5. The smallest absolute Gasteiger partial charge is 0.251 e. The van der Waals surface area contributed by atoms with Gasteiger partial charge in [0.2, 0.25) is 0 Å². The van der Waals surface area contributed by atoms with Gasteiger partial charge in [0.1, 0.15) is 5.82 Å². The molecule has 3 rings (SSSR count). The molecule has 1 aromatic carbocycles. The van der Waals surface area contributed by atoms with E-state index in [0.29, 0.717) is 23.9 Å². The van der Waals surface area contributed by atoms with Crippen LogP contribution >= 0.6 is 0 Å². The lowest BCUT2D eigenvalue weighted by Gasteiger charge is -2.09. The molecular weight excluding hydrogens is 316 g/mol. The molecule has 132 valence electrons. The summed E-state index contributed by atoms with van der Waals surface area (Å²) in [5, 5.41) is 6.01. The van der Waals surface area contributed by atoms with E-state index in [-0.39, 0.29) is 5.91 Å². The lowest BCUT2D eigenvalue weighted by molar-refractivity contribution is 0.0950. The lowest BCUT2D eigenvalue weighted by atomic mass is 10.1. The third kappa shape index (κ3) is 4.54. The molecule has 6 heteroatoms. The van der Waals surface area contributed by atoms with Crippen LogP contribution in [0, 0.1) is 12.8 Å². The van der Waals surface area contributed by atoms with Gasteiger partial charge < -0.3 is 15.4 Å². The quantitative estimate of drug-likeness (QED) is 0.845. The van der Waals surface area contributed by atoms with E-state index in [1.54, 1.807) is 0 Å². The average Bonchev–Trinajstić information content (AvgIpc) is 3.14. The predicted molar refractivity (Wildman–Crippen MR) is 97.6 cm³/mol. The Morgan fingerprint density at radius 1 is 1.28 bits per heavy atom. The zero-order chi connectivity index (χ0) is 17.6. The van der Waals surface area contributed by atoms with E-state index in [2.05, 4.69) is 20.6 Å². The number of nitrogens with zero attached hydrogens (tertiary/aromatic N) is 2. The van der Waals surface area contributed by atoms with Gasteiger partial charge >= 0.3 is 0 Å². The van der Waals surface area contributed by atoms with E-state index in [9.17, 15) is 4.79 Å². The molecule has 0 unspecified atom stereocenters. The summed E-state index contributed by atoms with van der Waals surface area (Å²) >= 11 is 0. The number of nitrogens with one attached hydrogen (secondary N) is 2. The summed E-state index contributed by atoms with van der Waals surface area (Å²) in [4.78, 5) is 21.1. The molecule has 1 fully saturated rings. The molecule has 0 spiro atoms. The summed E-state index contributed by atoms with van der Waals surface area (Å²) in [6.45, 7) is 4.27. The highest BCUT2D eigenvalue weighted by molar-refractivity contribution is 5.94. The summed E-state index contributed by atoms with van der Waals surface area (Å²) in [5.74, 6) is 1.95. The molecule has 0 aliphatic carbocycles. The number of aromatic nitrogens is 2. The van der Waals surface area contributed by atoms with Crippen LogP contribution in [0.1, 0.15) is 28.9 Å². The summed E-state index contributed by atoms with van der Waals surface area (Å²) in [6, 6.07) is 9.28. The van der Waals surface area contributed by atoms with Gasteiger partial charge in [0.05, 0.1) is 0 Å². The third-order valence-electron chi connectivity index (χ3n) is 4.38. The number of carbonyl (C=O) groups excluding carboxylic acids is 1. The van der Waals surface area contributed by atoms with Gasteiger partial charge in [-0.05, 0) is 37.8 Å². The van der Waals surface area contributed by atoms with Crippen molar-refractivity contribution in [3.63, 3.8) is 0 Å². The van der Waals surface area contributed by atoms with E-state index in [1.165, 1.54) is 0 Å². The molecule has 0 radical (unpaired) electrons. The number of benzene rings is 1. The van der Waals surface area contributed by atoms with Crippen molar-refractivity contribution in [2.45, 2.75) is 19.8 Å². The van der Waals surface area contributed by atoms with Gasteiger partial charge in [-0.25, -0.2) is 9.97 Å². The number of amides is 1. The fourth-order valence-corrected chi connectivity index (χ4v) is 2.90. The number of hydrogen-bond donors (Lipinski definition) is 2. The van der Waals surface area contributed by atoms with Crippen LogP contribution in [0.5, 0.6) is 0 Å². The van der Waals surface area contributed by atoms with Crippen molar-refractivity contribution in [2.75, 3.05) is 32.1 Å². The Morgan fingerprint density at radius 2 is 2.08 bits per heavy atom. The topological polar surface area (TPSA) is 76.1 Å². The minimum Gasteiger partial charge on any atom is -0.381 e.